The van der Waals surface area contributed by atoms with Gasteiger partial charge in [0, 0.05) is 12.4 Å². The summed E-state index contributed by atoms with van der Waals surface area (Å²) in [6.45, 7) is 5.45. The normalized spacial score (nSPS) is 10.2. The van der Waals surface area contributed by atoms with E-state index in [9.17, 15) is 0 Å². The monoisotopic (exact) mass is 261 g/mol. The molecule has 0 fully saturated rings. The third kappa shape index (κ3) is 6.37. The zero-order valence-corrected chi connectivity index (χ0v) is 11.4. The molecule has 92 valence electrons. The number of halogens is 2. The molecular formula is C13H21Cl2N. The smallest absolute Gasteiger partial charge is 0.0351 e. The molecule has 0 unspecified atom stereocenters. The van der Waals surface area contributed by atoms with E-state index >= 15 is 0 Å². The summed E-state index contributed by atoms with van der Waals surface area (Å²) < 4.78 is 0. The lowest BCUT2D eigenvalue weighted by Crippen LogP contribution is -2.26. The van der Waals surface area contributed by atoms with Crippen LogP contribution in [0.4, 0.5) is 0 Å². The maximum absolute atomic E-state index is 5.73. The Morgan fingerprint density at radius 2 is 1.81 bits per heavy atom. The Hall–Kier alpha value is -0.240. The molecule has 0 aliphatic rings. The molecule has 3 heteroatoms. The van der Waals surface area contributed by atoms with E-state index in [4.69, 9.17) is 11.6 Å². The quantitative estimate of drug-likeness (QED) is 0.679. The molecular weight excluding hydrogens is 241 g/mol. The minimum Gasteiger partial charge on any atom is -0.302 e. The molecule has 0 N–H and O–H groups in total. The van der Waals surface area contributed by atoms with Crippen LogP contribution in [-0.2, 0) is 6.42 Å². The minimum atomic E-state index is 0. The van der Waals surface area contributed by atoms with Gasteiger partial charge in [0.1, 0.15) is 0 Å². The average Bonchev–Trinajstić information content (AvgIpc) is 2.29. The van der Waals surface area contributed by atoms with Crippen LogP contribution in [0.25, 0.3) is 0 Å². The number of hydrogen-bond donors (Lipinski definition) is 0. The Kier molecular flexibility index (Phi) is 9.80. The number of benzene rings is 1. The molecule has 1 aromatic carbocycles. The van der Waals surface area contributed by atoms with Crippen molar-refractivity contribution in [1.29, 1.82) is 0 Å². The SMILES string of the molecule is CCN(CCCl)CCCc1ccccc1.Cl. The molecule has 0 spiro atoms. The summed E-state index contributed by atoms with van der Waals surface area (Å²) in [6, 6.07) is 10.7. The first-order valence-corrected chi connectivity index (χ1v) is 6.22. The lowest BCUT2D eigenvalue weighted by molar-refractivity contribution is 0.301. The van der Waals surface area contributed by atoms with E-state index in [1.54, 1.807) is 0 Å². The van der Waals surface area contributed by atoms with Gasteiger partial charge in [0.05, 0.1) is 0 Å². The highest BCUT2D eigenvalue weighted by Gasteiger charge is 2.00. The van der Waals surface area contributed by atoms with Crippen LogP contribution in [0, 0.1) is 0 Å². The summed E-state index contributed by atoms with van der Waals surface area (Å²) >= 11 is 5.73. The molecule has 0 bridgehead atoms. The van der Waals surface area contributed by atoms with E-state index in [-0.39, 0.29) is 12.4 Å². The van der Waals surface area contributed by atoms with Gasteiger partial charge in [-0.3, -0.25) is 0 Å². The molecule has 0 aliphatic carbocycles. The van der Waals surface area contributed by atoms with Crippen LogP contribution < -0.4 is 0 Å². The fourth-order valence-corrected chi connectivity index (χ4v) is 1.94. The molecule has 1 rings (SSSR count). The predicted octanol–water partition coefficient (Wildman–Crippen LogP) is 3.60. The zero-order valence-electron chi connectivity index (χ0n) is 9.86. The van der Waals surface area contributed by atoms with Crippen molar-refractivity contribution >= 4 is 24.0 Å². The summed E-state index contributed by atoms with van der Waals surface area (Å²) in [4.78, 5) is 2.40. The van der Waals surface area contributed by atoms with Gasteiger partial charge in [-0.1, -0.05) is 37.3 Å². The van der Waals surface area contributed by atoms with E-state index in [0.29, 0.717) is 0 Å². The van der Waals surface area contributed by atoms with Gasteiger partial charge in [0.15, 0.2) is 0 Å². The van der Waals surface area contributed by atoms with E-state index in [2.05, 4.69) is 42.2 Å². The summed E-state index contributed by atoms with van der Waals surface area (Å²) in [5.41, 5.74) is 1.43. The van der Waals surface area contributed by atoms with Gasteiger partial charge in [-0.15, -0.1) is 24.0 Å². The summed E-state index contributed by atoms with van der Waals surface area (Å²) in [6.07, 6.45) is 2.38. The Morgan fingerprint density at radius 1 is 1.12 bits per heavy atom. The predicted molar refractivity (Wildman–Crippen MR) is 74.8 cm³/mol. The number of nitrogens with zero attached hydrogens (tertiary/aromatic N) is 1. The number of rotatable bonds is 7. The molecule has 0 atom stereocenters. The van der Waals surface area contributed by atoms with Gasteiger partial charge in [0.2, 0.25) is 0 Å². The molecule has 0 aromatic heterocycles. The molecule has 16 heavy (non-hydrogen) atoms. The lowest BCUT2D eigenvalue weighted by Gasteiger charge is -2.18. The van der Waals surface area contributed by atoms with Crippen LogP contribution >= 0.6 is 24.0 Å². The summed E-state index contributed by atoms with van der Waals surface area (Å²) in [5, 5.41) is 0. The zero-order chi connectivity index (χ0) is 10.9. The van der Waals surface area contributed by atoms with Gasteiger partial charge in [-0.05, 0) is 31.5 Å². The van der Waals surface area contributed by atoms with Crippen molar-refractivity contribution < 1.29 is 0 Å². The van der Waals surface area contributed by atoms with Crippen molar-refractivity contribution in [3.63, 3.8) is 0 Å². The second kappa shape index (κ2) is 9.95. The number of alkyl halides is 1. The average molecular weight is 262 g/mol. The topological polar surface area (TPSA) is 3.24 Å². The molecule has 0 heterocycles. The Morgan fingerprint density at radius 3 is 2.38 bits per heavy atom. The first-order valence-electron chi connectivity index (χ1n) is 5.69. The highest BCUT2D eigenvalue weighted by Crippen LogP contribution is 2.03. The van der Waals surface area contributed by atoms with Crippen LogP contribution in [0.15, 0.2) is 30.3 Å². The van der Waals surface area contributed by atoms with Crippen molar-refractivity contribution in [3.8, 4) is 0 Å². The highest BCUT2D eigenvalue weighted by atomic mass is 35.5. The van der Waals surface area contributed by atoms with Gasteiger partial charge in [-0.2, -0.15) is 0 Å². The van der Waals surface area contributed by atoms with Crippen molar-refractivity contribution in [2.75, 3.05) is 25.5 Å². The van der Waals surface area contributed by atoms with Gasteiger partial charge in [-0.25, -0.2) is 0 Å². The Bertz CT molecular complexity index is 251. The van der Waals surface area contributed by atoms with E-state index in [1.165, 1.54) is 18.4 Å². The molecule has 1 aromatic rings. The molecule has 1 nitrogen and oxygen atoms in total. The standard InChI is InChI=1S/C13H20ClN.ClH/c1-2-15(12-10-14)11-6-9-13-7-4-3-5-8-13;/h3-5,7-8H,2,6,9-12H2,1H3;1H. The van der Waals surface area contributed by atoms with Gasteiger partial charge < -0.3 is 4.90 Å². The van der Waals surface area contributed by atoms with E-state index in [0.717, 1.165) is 25.5 Å². The Balaban J connectivity index is 0.00000225. The molecule has 0 radical (unpaired) electrons. The van der Waals surface area contributed by atoms with Crippen molar-refractivity contribution in [2.45, 2.75) is 19.8 Å². The maximum Gasteiger partial charge on any atom is 0.0351 e. The third-order valence-corrected chi connectivity index (χ3v) is 2.80. The molecule has 0 saturated heterocycles. The highest BCUT2D eigenvalue weighted by molar-refractivity contribution is 6.18. The largest absolute Gasteiger partial charge is 0.302 e. The molecule has 0 amide bonds. The van der Waals surface area contributed by atoms with Crippen LogP contribution in [0.2, 0.25) is 0 Å². The number of aryl methyl sites for hydroxylation is 1. The van der Waals surface area contributed by atoms with Crippen LogP contribution in [0.3, 0.4) is 0 Å². The Labute approximate surface area is 110 Å². The van der Waals surface area contributed by atoms with E-state index in [1.807, 2.05) is 0 Å². The second-order valence-corrected chi connectivity index (χ2v) is 4.09. The van der Waals surface area contributed by atoms with Crippen LogP contribution in [-0.4, -0.2) is 30.4 Å². The minimum absolute atomic E-state index is 0. The maximum atomic E-state index is 5.73. The summed E-state index contributed by atoms with van der Waals surface area (Å²) in [7, 11) is 0. The van der Waals surface area contributed by atoms with Gasteiger partial charge >= 0.3 is 0 Å². The fourth-order valence-electron chi connectivity index (χ4n) is 1.70. The molecule has 0 saturated carbocycles. The van der Waals surface area contributed by atoms with Crippen LogP contribution in [0.1, 0.15) is 18.9 Å². The van der Waals surface area contributed by atoms with E-state index < -0.39 is 0 Å². The second-order valence-electron chi connectivity index (χ2n) is 3.71. The summed E-state index contributed by atoms with van der Waals surface area (Å²) in [5.74, 6) is 0.735. The third-order valence-electron chi connectivity index (χ3n) is 2.63. The van der Waals surface area contributed by atoms with Crippen molar-refractivity contribution in [1.82, 2.24) is 4.90 Å². The lowest BCUT2D eigenvalue weighted by atomic mass is 10.1. The van der Waals surface area contributed by atoms with Crippen molar-refractivity contribution in [2.24, 2.45) is 0 Å². The van der Waals surface area contributed by atoms with Crippen molar-refractivity contribution in [3.05, 3.63) is 35.9 Å². The first-order chi connectivity index (χ1) is 7.36. The number of hydrogen-bond acceptors (Lipinski definition) is 1. The van der Waals surface area contributed by atoms with Gasteiger partial charge in [0.25, 0.3) is 0 Å². The first kappa shape index (κ1) is 15.8. The molecule has 0 aliphatic heterocycles. The fraction of sp³-hybridized carbons (Fsp3) is 0.538. The van der Waals surface area contributed by atoms with Crippen LogP contribution in [0.5, 0.6) is 0 Å².